The first kappa shape index (κ1) is 12.5. The molecule has 8 heteroatoms. The number of aliphatic hydroxyl groups excluding tert-OH is 1. The molecule has 94 valence electrons. The van der Waals surface area contributed by atoms with Gasteiger partial charge in [0.05, 0.1) is 15.6 Å². The van der Waals surface area contributed by atoms with Crippen LogP contribution in [0.4, 0.5) is 11.4 Å². The van der Waals surface area contributed by atoms with E-state index in [2.05, 4.69) is 5.43 Å². The molecule has 18 heavy (non-hydrogen) atoms. The summed E-state index contributed by atoms with van der Waals surface area (Å²) in [4.78, 5) is 10.0. The molecule has 0 radical (unpaired) electrons. The topological polar surface area (TPSA) is 78.6 Å². The number of rotatable bonds is 2. The summed E-state index contributed by atoms with van der Waals surface area (Å²) in [6.45, 7) is 0. The van der Waals surface area contributed by atoms with E-state index >= 15 is 0 Å². The number of benzene rings is 1. The molecule has 0 saturated heterocycles. The van der Waals surface area contributed by atoms with Crippen molar-refractivity contribution in [3.8, 4) is 0 Å². The van der Waals surface area contributed by atoms with Gasteiger partial charge in [-0.05, 0) is 12.1 Å². The van der Waals surface area contributed by atoms with E-state index < -0.39 is 4.92 Å². The fourth-order valence-corrected chi connectivity index (χ4v) is 1.64. The Morgan fingerprint density at radius 3 is 2.44 bits per heavy atom. The lowest BCUT2D eigenvalue weighted by molar-refractivity contribution is -0.384. The predicted octanol–water partition coefficient (Wildman–Crippen LogP) is 2.97. The molecule has 0 saturated carbocycles. The summed E-state index contributed by atoms with van der Waals surface area (Å²) < 4.78 is 0. The molecule has 0 unspecified atom stereocenters. The molecule has 2 N–H and O–H groups in total. The van der Waals surface area contributed by atoms with E-state index in [1.807, 2.05) is 0 Å². The second-order valence-corrected chi connectivity index (χ2v) is 4.15. The largest absolute Gasteiger partial charge is 0.492 e. The van der Waals surface area contributed by atoms with Gasteiger partial charge in [-0.3, -0.25) is 15.5 Å². The van der Waals surface area contributed by atoms with Gasteiger partial charge in [0.1, 0.15) is 5.03 Å². The van der Waals surface area contributed by atoms with Gasteiger partial charge in [-0.15, -0.1) is 0 Å². The van der Waals surface area contributed by atoms with Crippen LogP contribution in [0.15, 0.2) is 46.4 Å². The van der Waals surface area contributed by atoms with Crippen molar-refractivity contribution in [1.82, 2.24) is 5.43 Å². The van der Waals surface area contributed by atoms with Gasteiger partial charge >= 0.3 is 0 Å². The monoisotopic (exact) mass is 287 g/mol. The highest BCUT2D eigenvalue weighted by atomic mass is 35.5. The molecule has 0 aromatic heterocycles. The lowest BCUT2D eigenvalue weighted by atomic mass is 10.2. The lowest BCUT2D eigenvalue weighted by Gasteiger charge is -2.27. The Labute approximate surface area is 112 Å². The number of hydrogen-bond donors (Lipinski definition) is 2. The van der Waals surface area contributed by atoms with Gasteiger partial charge in [0, 0.05) is 18.3 Å². The number of nitro benzene ring substituents is 1. The number of halogens is 2. The summed E-state index contributed by atoms with van der Waals surface area (Å²) in [5, 5.41) is 21.7. The highest BCUT2D eigenvalue weighted by Crippen LogP contribution is 2.29. The van der Waals surface area contributed by atoms with Crippen molar-refractivity contribution in [2.45, 2.75) is 0 Å². The number of anilines is 1. The number of nitrogens with one attached hydrogen (secondary N) is 1. The summed E-state index contributed by atoms with van der Waals surface area (Å²) in [5.74, 6) is -0.280. The third-order valence-electron chi connectivity index (χ3n) is 2.26. The van der Waals surface area contributed by atoms with Crippen molar-refractivity contribution in [1.29, 1.82) is 0 Å². The summed E-state index contributed by atoms with van der Waals surface area (Å²) >= 11 is 11.5. The van der Waals surface area contributed by atoms with Gasteiger partial charge < -0.3 is 5.11 Å². The molecule has 0 amide bonds. The number of hydrogen-bond acceptors (Lipinski definition) is 5. The molecule has 1 aliphatic heterocycles. The maximum absolute atomic E-state index is 10.5. The van der Waals surface area contributed by atoms with E-state index in [1.165, 1.54) is 35.5 Å². The van der Waals surface area contributed by atoms with Crippen LogP contribution >= 0.6 is 23.2 Å². The summed E-state index contributed by atoms with van der Waals surface area (Å²) in [6.07, 6.45) is 1.39. The molecule has 2 rings (SSSR count). The molecular weight excluding hydrogens is 281 g/mol. The van der Waals surface area contributed by atoms with Crippen molar-refractivity contribution in [2.75, 3.05) is 5.01 Å². The van der Waals surface area contributed by atoms with Gasteiger partial charge in [0.2, 0.25) is 5.88 Å². The molecule has 0 bridgehead atoms. The predicted molar refractivity (Wildman–Crippen MR) is 68.2 cm³/mol. The van der Waals surface area contributed by atoms with Crippen molar-refractivity contribution in [3.05, 3.63) is 56.5 Å². The van der Waals surface area contributed by atoms with Crippen LogP contribution < -0.4 is 10.4 Å². The van der Waals surface area contributed by atoms with E-state index in [-0.39, 0.29) is 21.6 Å². The van der Waals surface area contributed by atoms with Gasteiger partial charge in [-0.25, -0.2) is 5.01 Å². The molecule has 1 aromatic rings. The smallest absolute Gasteiger partial charge is 0.269 e. The Hall–Kier alpha value is -1.92. The third-order valence-corrected chi connectivity index (χ3v) is 3.02. The molecule has 1 heterocycles. The molecule has 1 aliphatic rings. The van der Waals surface area contributed by atoms with E-state index in [0.717, 1.165) is 0 Å². The summed E-state index contributed by atoms with van der Waals surface area (Å²) in [6, 6.07) is 5.58. The Morgan fingerprint density at radius 1 is 1.28 bits per heavy atom. The Balaban J connectivity index is 2.31. The Kier molecular flexibility index (Phi) is 3.31. The zero-order valence-corrected chi connectivity index (χ0v) is 10.3. The Bertz CT molecular complexity index is 554. The second kappa shape index (κ2) is 4.75. The van der Waals surface area contributed by atoms with Crippen LogP contribution in [0.5, 0.6) is 0 Å². The maximum Gasteiger partial charge on any atom is 0.269 e. The quantitative estimate of drug-likeness (QED) is 0.646. The molecule has 6 nitrogen and oxygen atoms in total. The van der Waals surface area contributed by atoms with Crippen LogP contribution in [0.2, 0.25) is 0 Å². The minimum Gasteiger partial charge on any atom is -0.492 e. The van der Waals surface area contributed by atoms with E-state index in [1.54, 1.807) is 0 Å². The van der Waals surface area contributed by atoms with E-state index in [9.17, 15) is 15.2 Å². The normalized spacial score (nSPS) is 15.2. The Morgan fingerprint density at radius 2 is 1.89 bits per heavy atom. The van der Waals surface area contributed by atoms with Crippen LogP contribution in [0.25, 0.3) is 0 Å². The van der Waals surface area contributed by atoms with Crippen LogP contribution in [-0.2, 0) is 0 Å². The van der Waals surface area contributed by atoms with Crippen LogP contribution in [0.3, 0.4) is 0 Å². The molecule has 0 atom stereocenters. The zero-order valence-electron chi connectivity index (χ0n) is 8.80. The maximum atomic E-state index is 10.5. The van der Waals surface area contributed by atoms with Crippen molar-refractivity contribution in [2.24, 2.45) is 0 Å². The number of allylic oxidation sites excluding steroid dienone is 2. The average molecular weight is 288 g/mol. The highest BCUT2D eigenvalue weighted by Gasteiger charge is 2.21. The molecule has 0 aliphatic carbocycles. The lowest BCUT2D eigenvalue weighted by Crippen LogP contribution is -2.36. The molecule has 0 spiro atoms. The molecule has 0 fully saturated rings. The first-order chi connectivity index (χ1) is 8.50. The van der Waals surface area contributed by atoms with Crippen LogP contribution in [-0.4, -0.2) is 10.0 Å². The minimum atomic E-state index is -0.507. The van der Waals surface area contributed by atoms with Gasteiger partial charge in [0.25, 0.3) is 5.69 Å². The molecule has 1 aromatic carbocycles. The number of aliphatic hydroxyl groups is 1. The average Bonchev–Trinajstić information content (AvgIpc) is 2.36. The second-order valence-electron chi connectivity index (χ2n) is 3.37. The number of non-ortho nitro benzene ring substituents is 1. The number of nitro groups is 1. The minimum absolute atomic E-state index is 0.00577. The van der Waals surface area contributed by atoms with E-state index in [4.69, 9.17) is 23.2 Å². The van der Waals surface area contributed by atoms with E-state index in [0.29, 0.717) is 5.69 Å². The van der Waals surface area contributed by atoms with Crippen LogP contribution in [0.1, 0.15) is 0 Å². The number of hydrazine groups is 1. The standard InChI is InChI=1S/C10H7Cl2N3O3/c11-8-5-13-14(10(16)9(8)12)6-1-3-7(4-2-6)15(17)18/h1-5,13,16H. The first-order valence-corrected chi connectivity index (χ1v) is 5.52. The van der Waals surface area contributed by atoms with Gasteiger partial charge in [0.15, 0.2) is 0 Å². The highest BCUT2D eigenvalue weighted by molar-refractivity contribution is 6.44. The first-order valence-electron chi connectivity index (χ1n) is 4.76. The van der Waals surface area contributed by atoms with Gasteiger partial charge in [-0.2, -0.15) is 0 Å². The fraction of sp³-hybridized carbons (Fsp3) is 0. The van der Waals surface area contributed by atoms with Crippen molar-refractivity contribution in [3.63, 3.8) is 0 Å². The molecular formula is C10H7Cl2N3O3. The van der Waals surface area contributed by atoms with Crippen molar-refractivity contribution < 1.29 is 10.0 Å². The zero-order chi connectivity index (χ0) is 13.3. The summed E-state index contributed by atoms with van der Waals surface area (Å²) in [5.41, 5.74) is 3.13. The van der Waals surface area contributed by atoms with Crippen molar-refractivity contribution >= 4 is 34.6 Å². The third kappa shape index (κ3) is 2.20. The van der Waals surface area contributed by atoms with Gasteiger partial charge in [-0.1, -0.05) is 23.2 Å². The fourth-order valence-electron chi connectivity index (χ4n) is 1.37. The summed E-state index contributed by atoms with van der Waals surface area (Å²) in [7, 11) is 0. The number of nitrogens with zero attached hydrogens (tertiary/aromatic N) is 2. The SMILES string of the molecule is O=[N+]([O-])c1ccc(N2NC=C(Cl)C(Cl)=C2O)cc1. The van der Waals surface area contributed by atoms with Crippen LogP contribution in [0, 0.1) is 10.1 Å².